The van der Waals surface area contributed by atoms with E-state index in [1.54, 1.807) is 6.26 Å². The summed E-state index contributed by atoms with van der Waals surface area (Å²) in [6.45, 7) is -0.241. The summed E-state index contributed by atoms with van der Waals surface area (Å²) in [5, 5.41) is 19.2. The van der Waals surface area contributed by atoms with Crippen molar-refractivity contribution in [3.8, 4) is 0 Å². The Morgan fingerprint density at radius 2 is 2.17 bits per heavy atom. The Bertz CT molecular complexity index is 173. The fraction of sp³-hybridized carbons (Fsp3) is 0.667. The van der Waals surface area contributed by atoms with Gasteiger partial charge in [-0.05, 0) is 6.26 Å². The zero-order valence-electron chi connectivity index (χ0n) is 6.61. The van der Waals surface area contributed by atoms with Crippen LogP contribution in [0.3, 0.4) is 0 Å². The second-order valence-corrected chi connectivity index (χ2v) is 2.96. The van der Waals surface area contributed by atoms with Crippen LogP contribution in [0.1, 0.15) is 0 Å². The van der Waals surface area contributed by atoms with Crippen LogP contribution in [0.25, 0.3) is 0 Å². The number of carbonyl (C=O) groups excluding carboxylic acids is 1. The Hall–Kier alpha value is -0.750. The maximum absolute atomic E-state index is 10.7. The molecule has 0 aliphatic heterocycles. The van der Waals surface area contributed by atoms with Crippen molar-refractivity contribution in [3.05, 3.63) is 0 Å². The number of carboxylic acid groups (broad SMARTS) is 1. The number of hydrogen-bond donors (Lipinski definition) is 3. The lowest BCUT2D eigenvalue weighted by molar-refractivity contribution is -0.146. The second kappa shape index (κ2) is 5.84. The Balaban J connectivity index is 3.54. The molecule has 0 aromatic heterocycles. The SMILES string of the molecule is CSCC(=O)NCC(O)C(=O)O. The number of carboxylic acids is 1. The molecule has 0 saturated carbocycles. The summed E-state index contributed by atoms with van der Waals surface area (Å²) in [7, 11) is 0. The van der Waals surface area contributed by atoms with Gasteiger partial charge in [0.25, 0.3) is 0 Å². The summed E-state index contributed by atoms with van der Waals surface area (Å²) in [6.07, 6.45) is 0.239. The molecule has 1 amide bonds. The van der Waals surface area contributed by atoms with Gasteiger partial charge in [-0.15, -0.1) is 0 Å². The molecule has 1 atom stereocenters. The van der Waals surface area contributed by atoms with Gasteiger partial charge in [-0.25, -0.2) is 4.79 Å². The number of amides is 1. The van der Waals surface area contributed by atoms with Gasteiger partial charge < -0.3 is 15.5 Å². The van der Waals surface area contributed by atoms with E-state index in [1.165, 1.54) is 11.8 Å². The first-order chi connectivity index (χ1) is 5.57. The fourth-order valence-electron chi connectivity index (χ4n) is 0.480. The molecule has 0 aliphatic rings. The van der Waals surface area contributed by atoms with Gasteiger partial charge in [0.1, 0.15) is 0 Å². The van der Waals surface area contributed by atoms with Crippen molar-refractivity contribution in [3.63, 3.8) is 0 Å². The van der Waals surface area contributed by atoms with E-state index in [9.17, 15) is 9.59 Å². The first-order valence-electron chi connectivity index (χ1n) is 3.24. The molecular weight excluding hydrogens is 182 g/mol. The normalized spacial score (nSPS) is 12.2. The predicted molar refractivity (Wildman–Crippen MR) is 45.0 cm³/mol. The number of thioether (sulfide) groups is 1. The van der Waals surface area contributed by atoms with Gasteiger partial charge in [-0.2, -0.15) is 11.8 Å². The van der Waals surface area contributed by atoms with Crippen molar-refractivity contribution >= 4 is 23.6 Å². The highest BCUT2D eigenvalue weighted by molar-refractivity contribution is 7.99. The van der Waals surface area contributed by atoms with Crippen LogP contribution in [0.5, 0.6) is 0 Å². The molecule has 6 heteroatoms. The van der Waals surface area contributed by atoms with Crippen molar-refractivity contribution in [2.45, 2.75) is 6.10 Å². The molecule has 0 aromatic rings. The lowest BCUT2D eigenvalue weighted by Crippen LogP contribution is -2.37. The molecule has 0 spiro atoms. The molecule has 0 saturated heterocycles. The van der Waals surface area contributed by atoms with Gasteiger partial charge >= 0.3 is 5.97 Å². The number of rotatable bonds is 5. The molecule has 0 rings (SSSR count). The Morgan fingerprint density at radius 1 is 1.58 bits per heavy atom. The molecule has 0 aliphatic carbocycles. The van der Waals surface area contributed by atoms with Crippen molar-refractivity contribution < 1.29 is 19.8 Å². The minimum absolute atomic E-state index is 0.241. The first kappa shape index (κ1) is 11.2. The lowest BCUT2D eigenvalue weighted by Gasteiger charge is -2.06. The predicted octanol–water partition coefficient (Wildman–Crippen LogP) is -1.09. The zero-order chi connectivity index (χ0) is 9.56. The average molecular weight is 193 g/mol. The van der Waals surface area contributed by atoms with E-state index in [4.69, 9.17) is 10.2 Å². The van der Waals surface area contributed by atoms with E-state index in [1.807, 2.05) is 0 Å². The van der Waals surface area contributed by atoms with Crippen molar-refractivity contribution in [2.75, 3.05) is 18.6 Å². The first-order valence-corrected chi connectivity index (χ1v) is 4.63. The molecule has 5 nitrogen and oxygen atoms in total. The van der Waals surface area contributed by atoms with Gasteiger partial charge in [0, 0.05) is 0 Å². The molecule has 0 radical (unpaired) electrons. The van der Waals surface area contributed by atoms with E-state index in [0.717, 1.165) is 0 Å². The number of nitrogens with one attached hydrogen (secondary N) is 1. The summed E-state index contributed by atoms with van der Waals surface area (Å²) in [5.74, 6) is -1.34. The Labute approximate surface area is 74.1 Å². The highest BCUT2D eigenvalue weighted by Gasteiger charge is 2.13. The third-order valence-corrected chi connectivity index (χ3v) is 1.60. The maximum atomic E-state index is 10.7. The van der Waals surface area contributed by atoms with E-state index in [0.29, 0.717) is 0 Å². The van der Waals surface area contributed by atoms with E-state index in [2.05, 4.69) is 5.32 Å². The molecule has 0 bridgehead atoms. The number of aliphatic hydroxyl groups is 1. The molecule has 3 N–H and O–H groups in total. The highest BCUT2D eigenvalue weighted by atomic mass is 32.2. The number of carbonyl (C=O) groups is 2. The molecular formula is C6H11NO4S. The minimum atomic E-state index is -1.52. The number of aliphatic carboxylic acids is 1. The molecule has 0 heterocycles. The van der Waals surface area contributed by atoms with Gasteiger partial charge in [0.05, 0.1) is 12.3 Å². The summed E-state index contributed by atoms with van der Waals surface area (Å²) in [6, 6.07) is 0. The minimum Gasteiger partial charge on any atom is -0.479 e. The number of aliphatic hydroxyl groups excluding tert-OH is 1. The van der Waals surface area contributed by atoms with Crippen molar-refractivity contribution in [2.24, 2.45) is 0 Å². The van der Waals surface area contributed by atoms with Crippen molar-refractivity contribution in [1.29, 1.82) is 0 Å². The third kappa shape index (κ3) is 4.97. The Morgan fingerprint density at radius 3 is 2.58 bits per heavy atom. The summed E-state index contributed by atoms with van der Waals surface area (Å²) >= 11 is 1.33. The van der Waals surface area contributed by atoms with E-state index < -0.39 is 12.1 Å². The van der Waals surface area contributed by atoms with Gasteiger partial charge in [0.2, 0.25) is 5.91 Å². The molecule has 0 fully saturated rings. The molecule has 1 unspecified atom stereocenters. The fourth-order valence-corrected chi connectivity index (χ4v) is 0.844. The van der Waals surface area contributed by atoms with Gasteiger partial charge in [-0.1, -0.05) is 0 Å². The molecule has 70 valence electrons. The van der Waals surface area contributed by atoms with Crippen LogP contribution >= 0.6 is 11.8 Å². The number of hydrogen-bond acceptors (Lipinski definition) is 4. The molecule has 12 heavy (non-hydrogen) atoms. The molecule has 0 aromatic carbocycles. The van der Waals surface area contributed by atoms with E-state index >= 15 is 0 Å². The van der Waals surface area contributed by atoms with Gasteiger partial charge in [-0.3, -0.25) is 4.79 Å². The zero-order valence-corrected chi connectivity index (χ0v) is 7.43. The second-order valence-electron chi connectivity index (χ2n) is 2.09. The summed E-state index contributed by atoms with van der Waals surface area (Å²) < 4.78 is 0. The smallest absolute Gasteiger partial charge is 0.334 e. The van der Waals surface area contributed by atoms with Crippen LogP contribution in [0, 0.1) is 0 Å². The summed E-state index contributed by atoms with van der Waals surface area (Å²) in [5.41, 5.74) is 0. The standard InChI is InChI=1S/C6H11NO4S/c1-12-3-5(9)7-2-4(8)6(10)11/h4,8H,2-3H2,1H3,(H,7,9)(H,10,11). The van der Waals surface area contributed by atoms with Crippen LogP contribution in [-0.4, -0.2) is 46.7 Å². The van der Waals surface area contributed by atoms with Crippen LogP contribution in [0.2, 0.25) is 0 Å². The van der Waals surface area contributed by atoms with Crippen LogP contribution in [0.4, 0.5) is 0 Å². The van der Waals surface area contributed by atoms with Crippen molar-refractivity contribution in [1.82, 2.24) is 5.32 Å². The average Bonchev–Trinajstić information content (AvgIpc) is 2.00. The largest absolute Gasteiger partial charge is 0.479 e. The van der Waals surface area contributed by atoms with E-state index in [-0.39, 0.29) is 18.2 Å². The highest BCUT2D eigenvalue weighted by Crippen LogP contribution is 1.89. The van der Waals surface area contributed by atoms with Gasteiger partial charge in [0.15, 0.2) is 6.10 Å². The quantitative estimate of drug-likeness (QED) is 0.516. The maximum Gasteiger partial charge on any atom is 0.334 e. The topological polar surface area (TPSA) is 86.6 Å². The van der Waals surface area contributed by atoms with Crippen LogP contribution in [0.15, 0.2) is 0 Å². The monoisotopic (exact) mass is 193 g/mol. The van der Waals surface area contributed by atoms with Crippen LogP contribution in [-0.2, 0) is 9.59 Å². The summed E-state index contributed by atoms with van der Waals surface area (Å²) in [4.78, 5) is 20.8. The third-order valence-electron chi connectivity index (χ3n) is 1.05. The van der Waals surface area contributed by atoms with Crippen LogP contribution < -0.4 is 5.32 Å². The Kier molecular flexibility index (Phi) is 5.48. The lowest BCUT2D eigenvalue weighted by atomic mass is 10.3.